The quantitative estimate of drug-likeness (QED) is 0.262. The number of nitrogens with zero attached hydrogens (tertiary/aromatic N) is 2. The lowest BCUT2D eigenvalue weighted by Gasteiger charge is -2.25. The van der Waals surface area contributed by atoms with Gasteiger partial charge in [-0.15, -0.1) is 23.1 Å². The minimum Gasteiger partial charge on any atom is -0.325 e. The molecule has 3 aromatic carbocycles. The Labute approximate surface area is 219 Å². The van der Waals surface area contributed by atoms with Crippen LogP contribution in [0.3, 0.4) is 0 Å². The van der Waals surface area contributed by atoms with E-state index in [9.17, 15) is 22.4 Å². The second kappa shape index (κ2) is 10.4. The molecule has 0 aliphatic carbocycles. The first-order valence-corrected chi connectivity index (χ1v) is 13.3. The number of thioether (sulfide) groups is 1. The standard InChI is InChI=1S/C27H23F4N3OS2/c1-16-32-23-12-19(8-11-25(23)36-16)33-26(35)24-13-21(37-20-9-6-18(28)7-10-20)15-34(24)14-17-4-2-3-5-22(17)27(29,30)31/h2-12,21,24H,13-15H2,1H3,(H,33,35)/t21-,24+/m1/s1. The Kier molecular flexibility index (Phi) is 7.24. The lowest BCUT2D eigenvalue weighted by molar-refractivity contribution is -0.138. The number of carbonyl (C=O) groups is 1. The van der Waals surface area contributed by atoms with Crippen molar-refractivity contribution in [1.82, 2.24) is 9.88 Å². The van der Waals surface area contributed by atoms with Crippen molar-refractivity contribution in [2.75, 3.05) is 11.9 Å². The summed E-state index contributed by atoms with van der Waals surface area (Å²) in [6.45, 7) is 2.31. The molecule has 1 N–H and O–H groups in total. The lowest BCUT2D eigenvalue weighted by atomic mass is 10.1. The number of anilines is 1. The molecule has 1 aliphatic rings. The number of amides is 1. The number of aromatic nitrogens is 1. The third-order valence-corrected chi connectivity index (χ3v) is 8.41. The molecule has 4 nitrogen and oxygen atoms in total. The first kappa shape index (κ1) is 25.7. The van der Waals surface area contributed by atoms with Crippen LogP contribution >= 0.6 is 23.1 Å². The number of aryl methyl sites for hydroxylation is 1. The highest BCUT2D eigenvalue weighted by Gasteiger charge is 2.39. The van der Waals surface area contributed by atoms with Crippen molar-refractivity contribution in [3.63, 3.8) is 0 Å². The van der Waals surface area contributed by atoms with Gasteiger partial charge in [-0.05, 0) is 67.4 Å². The fourth-order valence-corrected chi connectivity index (χ4v) is 6.63. The molecule has 1 fully saturated rings. The first-order chi connectivity index (χ1) is 17.7. The average molecular weight is 546 g/mol. The van der Waals surface area contributed by atoms with Gasteiger partial charge in [0.05, 0.1) is 26.8 Å². The minimum atomic E-state index is -4.49. The van der Waals surface area contributed by atoms with Crippen molar-refractivity contribution in [3.8, 4) is 0 Å². The van der Waals surface area contributed by atoms with Crippen LogP contribution in [0.4, 0.5) is 23.2 Å². The summed E-state index contributed by atoms with van der Waals surface area (Å²) >= 11 is 3.06. The van der Waals surface area contributed by atoms with Crippen LogP contribution in [-0.4, -0.2) is 33.6 Å². The molecule has 2 heterocycles. The number of nitrogens with one attached hydrogen (secondary N) is 1. The highest BCUT2D eigenvalue weighted by molar-refractivity contribution is 8.00. The van der Waals surface area contributed by atoms with E-state index < -0.39 is 17.8 Å². The number of benzene rings is 3. The van der Waals surface area contributed by atoms with Crippen LogP contribution in [0.1, 0.15) is 22.6 Å². The summed E-state index contributed by atoms with van der Waals surface area (Å²) in [5, 5.41) is 3.81. The molecule has 1 aromatic heterocycles. The molecule has 5 rings (SSSR count). The van der Waals surface area contributed by atoms with Crippen molar-refractivity contribution >= 4 is 44.9 Å². The smallest absolute Gasteiger partial charge is 0.325 e. The van der Waals surface area contributed by atoms with Gasteiger partial charge >= 0.3 is 6.18 Å². The van der Waals surface area contributed by atoms with Gasteiger partial charge in [0.2, 0.25) is 5.91 Å². The van der Waals surface area contributed by atoms with E-state index >= 15 is 0 Å². The predicted octanol–water partition coefficient (Wildman–Crippen LogP) is 7.14. The van der Waals surface area contributed by atoms with Crippen molar-refractivity contribution in [3.05, 3.63) is 88.7 Å². The van der Waals surface area contributed by atoms with Crippen molar-refractivity contribution in [1.29, 1.82) is 0 Å². The van der Waals surface area contributed by atoms with Crippen LogP contribution in [0.25, 0.3) is 10.2 Å². The van der Waals surface area contributed by atoms with Crippen LogP contribution < -0.4 is 5.32 Å². The maximum atomic E-state index is 13.7. The SMILES string of the molecule is Cc1nc2cc(NC(=O)[C@@H]3C[C@@H](Sc4ccc(F)cc4)CN3Cc3ccccc3C(F)(F)F)ccc2s1. The minimum absolute atomic E-state index is 0.0153. The number of thiazole rings is 1. The number of fused-ring (bicyclic) bond motifs is 1. The van der Waals surface area contributed by atoms with Gasteiger partial charge in [-0.25, -0.2) is 9.37 Å². The first-order valence-electron chi connectivity index (χ1n) is 11.6. The molecule has 4 aromatic rings. The van der Waals surface area contributed by atoms with E-state index in [1.54, 1.807) is 46.6 Å². The number of likely N-dealkylation sites (tertiary alicyclic amines) is 1. The van der Waals surface area contributed by atoms with E-state index in [0.29, 0.717) is 18.7 Å². The predicted molar refractivity (Wildman–Crippen MR) is 139 cm³/mol. The zero-order chi connectivity index (χ0) is 26.2. The van der Waals surface area contributed by atoms with E-state index in [2.05, 4.69) is 10.3 Å². The molecule has 0 saturated carbocycles. The third-order valence-electron chi connectivity index (χ3n) is 6.24. The average Bonchev–Trinajstić information content (AvgIpc) is 3.42. The van der Waals surface area contributed by atoms with Gasteiger partial charge in [-0.1, -0.05) is 18.2 Å². The van der Waals surface area contributed by atoms with Gasteiger partial charge in [-0.2, -0.15) is 13.2 Å². The maximum Gasteiger partial charge on any atom is 0.416 e. The summed E-state index contributed by atoms with van der Waals surface area (Å²) in [6, 6.07) is 16.4. The van der Waals surface area contributed by atoms with Gasteiger partial charge in [-0.3, -0.25) is 9.69 Å². The largest absolute Gasteiger partial charge is 0.416 e. The number of carbonyl (C=O) groups excluding carboxylic acids is 1. The van der Waals surface area contributed by atoms with Crippen molar-refractivity contribution in [2.45, 2.75) is 42.3 Å². The monoisotopic (exact) mass is 545 g/mol. The molecular formula is C27H23F4N3OS2. The Bertz CT molecular complexity index is 1420. The van der Waals surface area contributed by atoms with E-state index in [1.165, 1.54) is 36.0 Å². The van der Waals surface area contributed by atoms with Crippen LogP contribution in [0, 0.1) is 12.7 Å². The molecule has 2 atom stereocenters. The van der Waals surface area contributed by atoms with Gasteiger partial charge in [0.25, 0.3) is 0 Å². The maximum absolute atomic E-state index is 13.7. The molecule has 0 spiro atoms. The normalized spacial score (nSPS) is 18.4. The highest BCUT2D eigenvalue weighted by Crippen LogP contribution is 2.37. The molecule has 10 heteroatoms. The summed E-state index contributed by atoms with van der Waals surface area (Å²) in [5.74, 6) is -0.622. The highest BCUT2D eigenvalue weighted by atomic mass is 32.2. The Balaban J connectivity index is 1.39. The van der Waals surface area contributed by atoms with Crippen molar-refractivity contribution in [2.24, 2.45) is 0 Å². The molecule has 0 radical (unpaired) electrons. The Morgan fingerprint density at radius 1 is 1.14 bits per heavy atom. The molecular weight excluding hydrogens is 522 g/mol. The third kappa shape index (κ3) is 5.97. The summed E-state index contributed by atoms with van der Waals surface area (Å²) in [4.78, 5) is 20.5. The van der Waals surface area contributed by atoms with E-state index in [-0.39, 0.29) is 29.1 Å². The number of halogens is 4. The Hall–Kier alpha value is -2.95. The van der Waals surface area contributed by atoms with E-state index in [1.807, 2.05) is 13.0 Å². The lowest BCUT2D eigenvalue weighted by Crippen LogP contribution is -2.39. The molecule has 1 saturated heterocycles. The van der Waals surface area contributed by atoms with E-state index in [0.717, 1.165) is 26.2 Å². The molecule has 1 amide bonds. The fourth-order valence-electron chi connectivity index (χ4n) is 4.60. The van der Waals surface area contributed by atoms with Gasteiger partial charge in [0.15, 0.2) is 0 Å². The molecule has 37 heavy (non-hydrogen) atoms. The zero-order valence-corrected chi connectivity index (χ0v) is 21.4. The summed E-state index contributed by atoms with van der Waals surface area (Å²) in [6.07, 6.45) is -4.04. The second-order valence-corrected chi connectivity index (χ2v) is 11.5. The molecule has 1 aliphatic heterocycles. The molecule has 0 unspecified atom stereocenters. The topological polar surface area (TPSA) is 45.2 Å². The summed E-state index contributed by atoms with van der Waals surface area (Å²) in [7, 11) is 0. The number of hydrogen-bond donors (Lipinski definition) is 1. The van der Waals surface area contributed by atoms with Gasteiger partial charge in [0, 0.05) is 28.9 Å². The summed E-state index contributed by atoms with van der Waals surface area (Å²) < 4.78 is 55.3. The molecule has 0 bridgehead atoms. The summed E-state index contributed by atoms with van der Waals surface area (Å²) in [5.41, 5.74) is 0.799. The van der Waals surface area contributed by atoms with E-state index in [4.69, 9.17) is 0 Å². The fraction of sp³-hybridized carbons (Fsp3) is 0.259. The number of hydrogen-bond acceptors (Lipinski definition) is 5. The van der Waals surface area contributed by atoms with Gasteiger partial charge < -0.3 is 5.32 Å². The van der Waals surface area contributed by atoms with Crippen molar-refractivity contribution < 1.29 is 22.4 Å². The second-order valence-electron chi connectivity index (χ2n) is 8.93. The van der Waals surface area contributed by atoms with Crippen LogP contribution in [-0.2, 0) is 17.5 Å². The van der Waals surface area contributed by atoms with Crippen LogP contribution in [0.2, 0.25) is 0 Å². The Morgan fingerprint density at radius 2 is 1.89 bits per heavy atom. The zero-order valence-electron chi connectivity index (χ0n) is 19.8. The van der Waals surface area contributed by atoms with Crippen LogP contribution in [0.5, 0.6) is 0 Å². The molecule has 192 valence electrons. The van der Waals surface area contributed by atoms with Crippen LogP contribution in [0.15, 0.2) is 71.6 Å². The number of rotatable bonds is 6. The number of alkyl halides is 3. The Morgan fingerprint density at radius 3 is 2.65 bits per heavy atom. The van der Waals surface area contributed by atoms with Gasteiger partial charge in [0.1, 0.15) is 5.82 Å².